The third-order valence-electron chi connectivity index (χ3n) is 4.38. The number of rotatable bonds is 6. The third-order valence-corrected chi connectivity index (χ3v) is 6.98. The van der Waals surface area contributed by atoms with Crippen molar-refractivity contribution in [2.45, 2.75) is 13.5 Å². The fraction of sp³-hybridized carbons (Fsp3) is 0.389. The number of thiazole rings is 2. The van der Waals surface area contributed by atoms with Gasteiger partial charge in [0.15, 0.2) is 5.13 Å². The largest absolute Gasteiger partial charge is 0.301 e. The first-order chi connectivity index (χ1) is 13.2. The summed E-state index contributed by atoms with van der Waals surface area (Å²) in [6.45, 7) is 6.94. The van der Waals surface area contributed by atoms with E-state index in [2.05, 4.69) is 43.0 Å². The van der Waals surface area contributed by atoms with Gasteiger partial charge in [-0.25, -0.2) is 9.97 Å². The van der Waals surface area contributed by atoms with Crippen LogP contribution in [0, 0.1) is 6.92 Å². The topological polar surface area (TPSA) is 61.4 Å². The van der Waals surface area contributed by atoms with Crippen molar-refractivity contribution in [1.82, 2.24) is 19.8 Å². The first-order valence-electron chi connectivity index (χ1n) is 8.81. The Morgan fingerprint density at radius 2 is 1.93 bits per heavy atom. The molecule has 0 aliphatic carbocycles. The summed E-state index contributed by atoms with van der Waals surface area (Å²) in [5.74, 6) is 0.0123. The number of anilines is 1. The highest BCUT2D eigenvalue weighted by Gasteiger charge is 2.20. The zero-order valence-corrected chi connectivity index (χ0v) is 17.5. The molecule has 4 rings (SSSR count). The summed E-state index contributed by atoms with van der Waals surface area (Å²) in [4.78, 5) is 27.1. The average molecular weight is 420 g/mol. The molecular weight excluding hydrogens is 398 g/mol. The molecule has 0 spiro atoms. The maximum Gasteiger partial charge on any atom is 0.240 e. The Balaban J connectivity index is 1.22. The molecule has 1 amide bonds. The van der Waals surface area contributed by atoms with Crippen LogP contribution in [0.5, 0.6) is 0 Å². The summed E-state index contributed by atoms with van der Waals surface area (Å²) in [6, 6.07) is 4.17. The summed E-state index contributed by atoms with van der Waals surface area (Å²) >= 11 is 4.92. The van der Waals surface area contributed by atoms with E-state index in [0.717, 1.165) is 49.1 Å². The number of hydrogen-bond acceptors (Lipinski definition) is 8. The first-order valence-corrected chi connectivity index (χ1v) is 11.4. The average Bonchev–Trinajstić information content (AvgIpc) is 3.39. The van der Waals surface area contributed by atoms with Crippen molar-refractivity contribution < 1.29 is 4.79 Å². The molecule has 9 heteroatoms. The number of thiophene rings is 1. The van der Waals surface area contributed by atoms with Crippen molar-refractivity contribution in [1.29, 1.82) is 0 Å². The maximum absolute atomic E-state index is 12.2. The SMILES string of the molecule is Cc1csc(NC(=O)CN2CCN(Cc3nc(-c4cccs4)cs3)CC2)n1. The molecule has 1 aliphatic heterocycles. The van der Waals surface area contributed by atoms with Crippen molar-refractivity contribution in [3.8, 4) is 10.6 Å². The highest BCUT2D eigenvalue weighted by atomic mass is 32.1. The van der Waals surface area contributed by atoms with E-state index >= 15 is 0 Å². The summed E-state index contributed by atoms with van der Waals surface area (Å²) < 4.78 is 0. The van der Waals surface area contributed by atoms with Crippen molar-refractivity contribution in [2.24, 2.45) is 0 Å². The van der Waals surface area contributed by atoms with Gasteiger partial charge in [-0.2, -0.15) is 0 Å². The van der Waals surface area contributed by atoms with E-state index in [1.807, 2.05) is 12.3 Å². The van der Waals surface area contributed by atoms with Crippen LogP contribution in [0.3, 0.4) is 0 Å². The number of aryl methyl sites for hydroxylation is 1. The van der Waals surface area contributed by atoms with E-state index in [1.165, 1.54) is 16.2 Å². The molecule has 1 saturated heterocycles. The lowest BCUT2D eigenvalue weighted by molar-refractivity contribution is -0.117. The van der Waals surface area contributed by atoms with Crippen LogP contribution >= 0.6 is 34.0 Å². The van der Waals surface area contributed by atoms with Crippen LogP contribution in [0.4, 0.5) is 5.13 Å². The molecule has 0 unspecified atom stereocenters. The van der Waals surface area contributed by atoms with Gasteiger partial charge in [0.05, 0.1) is 29.4 Å². The van der Waals surface area contributed by atoms with Crippen LogP contribution in [0.15, 0.2) is 28.3 Å². The minimum Gasteiger partial charge on any atom is -0.301 e. The molecule has 3 aromatic heterocycles. The second-order valence-corrected chi connectivity index (χ2v) is 9.25. The van der Waals surface area contributed by atoms with Crippen LogP contribution in [0.25, 0.3) is 10.6 Å². The second-order valence-electron chi connectivity index (χ2n) is 6.50. The zero-order valence-electron chi connectivity index (χ0n) is 15.1. The Bertz CT molecular complexity index is 881. The van der Waals surface area contributed by atoms with E-state index in [4.69, 9.17) is 4.98 Å². The number of carbonyl (C=O) groups is 1. The minimum atomic E-state index is 0.0123. The fourth-order valence-corrected chi connectivity index (χ4v) is 5.29. The molecule has 1 aliphatic rings. The summed E-state index contributed by atoms with van der Waals surface area (Å²) in [5, 5.41) is 10.9. The number of amides is 1. The lowest BCUT2D eigenvalue weighted by Gasteiger charge is -2.33. The number of hydrogen-bond donors (Lipinski definition) is 1. The van der Waals surface area contributed by atoms with Crippen molar-refractivity contribution in [3.05, 3.63) is 39.0 Å². The smallest absolute Gasteiger partial charge is 0.240 e. The number of nitrogens with one attached hydrogen (secondary N) is 1. The normalized spacial score (nSPS) is 15.9. The summed E-state index contributed by atoms with van der Waals surface area (Å²) in [5.41, 5.74) is 2.02. The molecule has 0 radical (unpaired) electrons. The molecule has 0 bridgehead atoms. The highest BCUT2D eigenvalue weighted by molar-refractivity contribution is 7.14. The lowest BCUT2D eigenvalue weighted by atomic mass is 10.3. The van der Waals surface area contributed by atoms with Crippen molar-refractivity contribution >= 4 is 45.0 Å². The van der Waals surface area contributed by atoms with Crippen LogP contribution < -0.4 is 5.32 Å². The van der Waals surface area contributed by atoms with Gasteiger partial charge >= 0.3 is 0 Å². The van der Waals surface area contributed by atoms with Gasteiger partial charge in [0.1, 0.15) is 5.01 Å². The van der Waals surface area contributed by atoms with Crippen molar-refractivity contribution in [3.63, 3.8) is 0 Å². The van der Waals surface area contributed by atoms with Gasteiger partial charge in [0, 0.05) is 36.9 Å². The molecule has 27 heavy (non-hydrogen) atoms. The summed E-state index contributed by atoms with van der Waals surface area (Å²) in [7, 11) is 0. The molecule has 1 fully saturated rings. The lowest BCUT2D eigenvalue weighted by Crippen LogP contribution is -2.48. The first kappa shape index (κ1) is 18.7. The van der Waals surface area contributed by atoms with E-state index in [9.17, 15) is 4.79 Å². The molecule has 6 nitrogen and oxygen atoms in total. The Kier molecular flexibility index (Phi) is 5.94. The van der Waals surface area contributed by atoms with Crippen LogP contribution in [-0.2, 0) is 11.3 Å². The van der Waals surface area contributed by atoms with E-state index in [0.29, 0.717) is 11.7 Å². The Hall–Kier alpha value is -1.65. The van der Waals surface area contributed by atoms with E-state index in [1.54, 1.807) is 22.7 Å². The van der Waals surface area contributed by atoms with Gasteiger partial charge in [0.2, 0.25) is 5.91 Å². The van der Waals surface area contributed by atoms with Crippen LogP contribution in [0.1, 0.15) is 10.7 Å². The molecule has 142 valence electrons. The number of piperazine rings is 1. The molecule has 0 atom stereocenters. The fourth-order valence-electron chi connectivity index (χ4n) is 2.99. The monoisotopic (exact) mass is 419 g/mol. The second kappa shape index (κ2) is 8.57. The molecule has 0 saturated carbocycles. The quantitative estimate of drug-likeness (QED) is 0.664. The van der Waals surface area contributed by atoms with Gasteiger partial charge < -0.3 is 5.32 Å². The maximum atomic E-state index is 12.2. The molecule has 0 aromatic carbocycles. The van der Waals surface area contributed by atoms with Gasteiger partial charge in [-0.3, -0.25) is 14.6 Å². The molecule has 3 aromatic rings. The zero-order chi connectivity index (χ0) is 18.6. The van der Waals surface area contributed by atoms with E-state index < -0.39 is 0 Å². The third kappa shape index (κ3) is 4.99. The number of aromatic nitrogens is 2. The van der Waals surface area contributed by atoms with Gasteiger partial charge in [-0.1, -0.05) is 6.07 Å². The number of carbonyl (C=O) groups excluding carboxylic acids is 1. The Morgan fingerprint density at radius 3 is 2.63 bits per heavy atom. The Morgan fingerprint density at radius 1 is 1.11 bits per heavy atom. The Labute approximate surface area is 170 Å². The summed E-state index contributed by atoms with van der Waals surface area (Å²) in [6.07, 6.45) is 0. The standard InChI is InChI=1S/C18H21N5OS3/c1-13-11-27-18(19-13)21-16(24)9-22-4-6-23(7-5-22)10-17-20-14(12-26-17)15-3-2-8-25-15/h2-3,8,11-12H,4-7,9-10H2,1H3,(H,19,21,24). The predicted octanol–water partition coefficient (Wildman–Crippen LogP) is 3.39. The molecular formula is C18H21N5OS3. The molecule has 4 heterocycles. The van der Waals surface area contributed by atoms with Crippen LogP contribution in [0.2, 0.25) is 0 Å². The minimum absolute atomic E-state index is 0.0123. The van der Waals surface area contributed by atoms with Gasteiger partial charge in [-0.05, 0) is 18.4 Å². The van der Waals surface area contributed by atoms with Gasteiger partial charge in [-0.15, -0.1) is 34.0 Å². The van der Waals surface area contributed by atoms with Crippen molar-refractivity contribution in [2.75, 3.05) is 38.0 Å². The molecule has 1 N–H and O–H groups in total. The highest BCUT2D eigenvalue weighted by Crippen LogP contribution is 2.26. The predicted molar refractivity (Wildman–Crippen MR) is 113 cm³/mol. The van der Waals surface area contributed by atoms with Crippen LogP contribution in [-0.4, -0.2) is 58.4 Å². The van der Waals surface area contributed by atoms with Gasteiger partial charge in [0.25, 0.3) is 0 Å². The van der Waals surface area contributed by atoms with E-state index in [-0.39, 0.29) is 5.91 Å². The number of nitrogens with zero attached hydrogens (tertiary/aromatic N) is 4.